The number of aryl methyl sites for hydroxylation is 1. The van der Waals surface area contributed by atoms with E-state index in [2.05, 4.69) is 11.9 Å². The third kappa shape index (κ3) is 3.58. The van der Waals surface area contributed by atoms with Crippen LogP contribution in [0.3, 0.4) is 0 Å². The van der Waals surface area contributed by atoms with Gasteiger partial charge in [0.05, 0.1) is 0 Å². The van der Waals surface area contributed by atoms with Gasteiger partial charge >= 0.3 is 0 Å². The molecule has 1 aromatic carbocycles. The summed E-state index contributed by atoms with van der Waals surface area (Å²) in [4.78, 5) is 11.4. The van der Waals surface area contributed by atoms with E-state index in [0.29, 0.717) is 12.3 Å². The molecule has 3 N–H and O–H groups in total. The van der Waals surface area contributed by atoms with Gasteiger partial charge in [-0.3, -0.25) is 4.79 Å². The SMILES string of the molecule is C=CCNC(=O)COc1ccc2c(c1)[C@H](N)CCC2. The van der Waals surface area contributed by atoms with E-state index in [4.69, 9.17) is 10.5 Å². The number of nitrogens with two attached hydrogens (primary N) is 1. The standard InChI is InChI=1S/C15H20N2O2/c1-2-8-17-15(18)10-19-12-7-6-11-4-3-5-14(16)13(11)9-12/h2,6-7,9,14H,1,3-5,8,10,16H2,(H,17,18)/t14-/m1/s1. The lowest BCUT2D eigenvalue weighted by molar-refractivity contribution is -0.122. The van der Waals surface area contributed by atoms with Crippen LogP contribution in [0.25, 0.3) is 0 Å². The lowest BCUT2D eigenvalue weighted by Gasteiger charge is -2.22. The Morgan fingerprint density at radius 3 is 3.21 bits per heavy atom. The van der Waals surface area contributed by atoms with Gasteiger partial charge in [-0.1, -0.05) is 12.1 Å². The van der Waals surface area contributed by atoms with Gasteiger partial charge in [-0.2, -0.15) is 0 Å². The molecule has 4 heteroatoms. The molecule has 0 saturated heterocycles. The van der Waals surface area contributed by atoms with Crippen molar-refractivity contribution in [2.75, 3.05) is 13.2 Å². The molecular formula is C15H20N2O2. The van der Waals surface area contributed by atoms with E-state index in [9.17, 15) is 4.79 Å². The van der Waals surface area contributed by atoms with Gasteiger partial charge in [0.2, 0.25) is 0 Å². The van der Waals surface area contributed by atoms with Crippen LogP contribution in [0.15, 0.2) is 30.9 Å². The molecule has 0 aromatic heterocycles. The molecule has 0 radical (unpaired) electrons. The van der Waals surface area contributed by atoms with Gasteiger partial charge < -0.3 is 15.8 Å². The quantitative estimate of drug-likeness (QED) is 0.792. The second kappa shape index (κ2) is 6.38. The van der Waals surface area contributed by atoms with Crippen molar-refractivity contribution in [2.45, 2.75) is 25.3 Å². The van der Waals surface area contributed by atoms with Crippen molar-refractivity contribution in [3.63, 3.8) is 0 Å². The fourth-order valence-corrected chi connectivity index (χ4v) is 2.29. The summed E-state index contributed by atoms with van der Waals surface area (Å²) in [6.07, 6.45) is 4.85. The Morgan fingerprint density at radius 1 is 1.58 bits per heavy atom. The van der Waals surface area contributed by atoms with Gasteiger partial charge in [0.25, 0.3) is 5.91 Å². The normalized spacial score (nSPS) is 17.4. The van der Waals surface area contributed by atoms with Crippen LogP contribution in [0.5, 0.6) is 5.75 Å². The van der Waals surface area contributed by atoms with Crippen LogP contribution in [-0.2, 0) is 11.2 Å². The van der Waals surface area contributed by atoms with E-state index in [1.807, 2.05) is 18.2 Å². The van der Waals surface area contributed by atoms with E-state index >= 15 is 0 Å². The summed E-state index contributed by atoms with van der Waals surface area (Å²) in [5.74, 6) is 0.548. The molecule has 1 aliphatic carbocycles. The van der Waals surface area contributed by atoms with Crippen molar-refractivity contribution in [3.8, 4) is 5.75 Å². The van der Waals surface area contributed by atoms with Crippen LogP contribution >= 0.6 is 0 Å². The highest BCUT2D eigenvalue weighted by Gasteiger charge is 2.17. The zero-order chi connectivity index (χ0) is 13.7. The monoisotopic (exact) mass is 260 g/mol. The minimum atomic E-state index is -0.151. The average Bonchev–Trinajstić information content (AvgIpc) is 2.43. The average molecular weight is 260 g/mol. The zero-order valence-corrected chi connectivity index (χ0v) is 11.0. The first-order chi connectivity index (χ1) is 9.20. The summed E-state index contributed by atoms with van der Waals surface area (Å²) >= 11 is 0. The fraction of sp³-hybridized carbons (Fsp3) is 0.400. The molecule has 102 valence electrons. The number of nitrogens with one attached hydrogen (secondary N) is 1. The lowest BCUT2D eigenvalue weighted by atomic mass is 9.88. The molecule has 0 bridgehead atoms. The van der Waals surface area contributed by atoms with E-state index in [1.165, 1.54) is 5.56 Å². The number of hydrogen-bond donors (Lipinski definition) is 2. The minimum absolute atomic E-state index is 0.0157. The Labute approximate surface area is 113 Å². The highest BCUT2D eigenvalue weighted by molar-refractivity contribution is 5.77. The maximum absolute atomic E-state index is 11.4. The molecule has 1 aliphatic rings. The topological polar surface area (TPSA) is 64.3 Å². The van der Waals surface area contributed by atoms with Crippen molar-refractivity contribution in [1.82, 2.24) is 5.32 Å². The molecule has 0 saturated carbocycles. The van der Waals surface area contributed by atoms with Gasteiger partial charge in [-0.15, -0.1) is 6.58 Å². The van der Waals surface area contributed by atoms with Crippen molar-refractivity contribution >= 4 is 5.91 Å². The number of fused-ring (bicyclic) bond motifs is 1. The van der Waals surface area contributed by atoms with Crippen molar-refractivity contribution in [1.29, 1.82) is 0 Å². The van der Waals surface area contributed by atoms with E-state index in [1.54, 1.807) is 6.08 Å². The third-order valence-corrected chi connectivity index (χ3v) is 3.29. The van der Waals surface area contributed by atoms with Gasteiger partial charge in [0.15, 0.2) is 6.61 Å². The molecule has 0 spiro atoms. The summed E-state index contributed by atoms with van der Waals surface area (Å²) in [6, 6.07) is 5.99. The maximum Gasteiger partial charge on any atom is 0.258 e. The molecule has 1 atom stereocenters. The predicted octanol–water partition coefficient (Wildman–Crippen LogP) is 1.70. The lowest BCUT2D eigenvalue weighted by Crippen LogP contribution is -2.28. The van der Waals surface area contributed by atoms with Gasteiger partial charge in [0.1, 0.15) is 5.75 Å². The Morgan fingerprint density at radius 2 is 2.42 bits per heavy atom. The van der Waals surface area contributed by atoms with E-state index in [-0.39, 0.29) is 18.6 Å². The minimum Gasteiger partial charge on any atom is -0.484 e. The Hall–Kier alpha value is -1.81. The number of ether oxygens (including phenoxy) is 1. The molecule has 1 amide bonds. The Kier molecular flexibility index (Phi) is 4.58. The fourth-order valence-electron chi connectivity index (χ4n) is 2.29. The van der Waals surface area contributed by atoms with Crippen molar-refractivity contribution in [3.05, 3.63) is 42.0 Å². The maximum atomic E-state index is 11.4. The number of benzene rings is 1. The molecule has 0 aliphatic heterocycles. The van der Waals surface area contributed by atoms with Crippen LogP contribution in [0.1, 0.15) is 30.0 Å². The number of carbonyl (C=O) groups is 1. The first-order valence-electron chi connectivity index (χ1n) is 6.59. The van der Waals surface area contributed by atoms with Gasteiger partial charge in [0, 0.05) is 12.6 Å². The van der Waals surface area contributed by atoms with Crippen LogP contribution in [-0.4, -0.2) is 19.1 Å². The summed E-state index contributed by atoms with van der Waals surface area (Å²) in [5, 5.41) is 2.67. The zero-order valence-electron chi connectivity index (χ0n) is 11.0. The molecule has 0 heterocycles. The molecule has 2 rings (SSSR count). The Balaban J connectivity index is 1.96. The largest absolute Gasteiger partial charge is 0.484 e. The molecular weight excluding hydrogens is 240 g/mol. The number of carbonyl (C=O) groups excluding carboxylic acids is 1. The summed E-state index contributed by atoms with van der Waals surface area (Å²) in [5.41, 5.74) is 8.53. The number of hydrogen-bond acceptors (Lipinski definition) is 3. The highest BCUT2D eigenvalue weighted by atomic mass is 16.5. The first kappa shape index (κ1) is 13.6. The van der Waals surface area contributed by atoms with Crippen LogP contribution < -0.4 is 15.8 Å². The second-order valence-corrected chi connectivity index (χ2v) is 4.74. The van der Waals surface area contributed by atoms with E-state index < -0.39 is 0 Å². The number of rotatable bonds is 5. The van der Waals surface area contributed by atoms with Gasteiger partial charge in [-0.05, 0) is 42.5 Å². The van der Waals surface area contributed by atoms with Gasteiger partial charge in [-0.25, -0.2) is 0 Å². The summed E-state index contributed by atoms with van der Waals surface area (Å²) < 4.78 is 5.48. The smallest absolute Gasteiger partial charge is 0.258 e. The molecule has 1 aromatic rings. The molecule has 19 heavy (non-hydrogen) atoms. The predicted molar refractivity (Wildman–Crippen MR) is 75.0 cm³/mol. The van der Waals surface area contributed by atoms with Crippen molar-refractivity contribution < 1.29 is 9.53 Å². The highest BCUT2D eigenvalue weighted by Crippen LogP contribution is 2.30. The van der Waals surface area contributed by atoms with Crippen LogP contribution in [0.4, 0.5) is 0 Å². The summed E-state index contributed by atoms with van der Waals surface area (Å²) in [7, 11) is 0. The van der Waals surface area contributed by atoms with Crippen LogP contribution in [0, 0.1) is 0 Å². The molecule has 4 nitrogen and oxygen atoms in total. The summed E-state index contributed by atoms with van der Waals surface area (Å²) in [6.45, 7) is 4.01. The van der Waals surface area contributed by atoms with Crippen LogP contribution in [0.2, 0.25) is 0 Å². The van der Waals surface area contributed by atoms with Crippen molar-refractivity contribution in [2.24, 2.45) is 5.73 Å². The first-order valence-corrected chi connectivity index (χ1v) is 6.59. The molecule has 0 fully saturated rings. The second-order valence-electron chi connectivity index (χ2n) is 4.74. The third-order valence-electron chi connectivity index (χ3n) is 3.29. The molecule has 0 unspecified atom stereocenters. The van der Waals surface area contributed by atoms with E-state index in [0.717, 1.165) is 24.8 Å². The Bertz CT molecular complexity index is 471. The number of amides is 1.